The zero-order valence-corrected chi connectivity index (χ0v) is 9.81. The van der Waals surface area contributed by atoms with Crippen molar-refractivity contribution in [2.45, 2.75) is 0 Å². The summed E-state index contributed by atoms with van der Waals surface area (Å²) < 4.78 is 0.944. The number of hydrogen-bond donors (Lipinski definition) is 1. The van der Waals surface area contributed by atoms with E-state index in [0.717, 1.165) is 15.7 Å². The first kappa shape index (κ1) is 10.8. The van der Waals surface area contributed by atoms with Crippen LogP contribution in [0.25, 0.3) is 11.3 Å². The normalized spacial score (nSPS) is 10.1. The van der Waals surface area contributed by atoms with Crippen LogP contribution in [0.3, 0.4) is 0 Å². The minimum Gasteiger partial charge on any atom is -0.478 e. The third-order valence-electron chi connectivity index (χ3n) is 2.15. The van der Waals surface area contributed by atoms with Crippen LogP contribution < -0.4 is 0 Å². The quantitative estimate of drug-likeness (QED) is 0.917. The molecule has 80 valence electrons. The van der Waals surface area contributed by atoms with E-state index in [2.05, 4.69) is 20.9 Å². The molecule has 0 bridgehead atoms. The maximum absolute atomic E-state index is 10.7. The molecule has 4 heteroatoms. The molecule has 0 spiro atoms. The van der Waals surface area contributed by atoms with Crippen LogP contribution in [0.15, 0.2) is 47.1 Å². The van der Waals surface area contributed by atoms with Gasteiger partial charge in [-0.1, -0.05) is 28.1 Å². The Balaban J connectivity index is 2.38. The summed E-state index contributed by atoms with van der Waals surface area (Å²) >= 11 is 3.36. The van der Waals surface area contributed by atoms with E-state index < -0.39 is 5.97 Å². The highest BCUT2D eigenvalue weighted by Gasteiger charge is 2.03. The molecule has 0 amide bonds. The SMILES string of the molecule is O=C(O)c1ccc(-c2cc(Br)ccn2)cc1. The van der Waals surface area contributed by atoms with Crippen molar-refractivity contribution in [2.75, 3.05) is 0 Å². The molecule has 1 aromatic heterocycles. The van der Waals surface area contributed by atoms with E-state index in [1.807, 2.05) is 12.1 Å². The lowest BCUT2D eigenvalue weighted by Crippen LogP contribution is -1.95. The zero-order valence-electron chi connectivity index (χ0n) is 8.22. The predicted molar refractivity (Wildman–Crippen MR) is 64.3 cm³/mol. The highest BCUT2D eigenvalue weighted by Crippen LogP contribution is 2.20. The van der Waals surface area contributed by atoms with Gasteiger partial charge in [-0.2, -0.15) is 0 Å². The van der Waals surface area contributed by atoms with Crippen molar-refractivity contribution in [3.05, 3.63) is 52.6 Å². The van der Waals surface area contributed by atoms with Crippen LogP contribution >= 0.6 is 15.9 Å². The summed E-state index contributed by atoms with van der Waals surface area (Å²) in [6.45, 7) is 0. The van der Waals surface area contributed by atoms with Crippen molar-refractivity contribution < 1.29 is 9.90 Å². The maximum atomic E-state index is 10.7. The van der Waals surface area contributed by atoms with Crippen molar-refractivity contribution in [1.82, 2.24) is 4.98 Å². The largest absolute Gasteiger partial charge is 0.478 e. The molecular formula is C12H8BrNO2. The fourth-order valence-corrected chi connectivity index (χ4v) is 1.68. The lowest BCUT2D eigenvalue weighted by molar-refractivity contribution is 0.0697. The third-order valence-corrected chi connectivity index (χ3v) is 2.64. The Kier molecular flexibility index (Phi) is 3.01. The molecule has 0 radical (unpaired) electrons. The smallest absolute Gasteiger partial charge is 0.335 e. The fraction of sp³-hybridized carbons (Fsp3) is 0. The summed E-state index contributed by atoms with van der Waals surface area (Å²) in [5.74, 6) is -0.922. The first-order chi connectivity index (χ1) is 7.66. The van der Waals surface area contributed by atoms with Crippen LogP contribution in [0.5, 0.6) is 0 Å². The fourth-order valence-electron chi connectivity index (χ4n) is 1.35. The maximum Gasteiger partial charge on any atom is 0.335 e. The van der Waals surface area contributed by atoms with E-state index in [4.69, 9.17) is 5.11 Å². The van der Waals surface area contributed by atoms with E-state index in [9.17, 15) is 4.79 Å². The second-order valence-electron chi connectivity index (χ2n) is 3.24. The van der Waals surface area contributed by atoms with Crippen LogP contribution in [0.2, 0.25) is 0 Å². The Labute approximate surface area is 101 Å². The Morgan fingerprint density at radius 2 is 1.88 bits per heavy atom. The number of carboxylic acid groups (broad SMARTS) is 1. The van der Waals surface area contributed by atoms with Crippen LogP contribution in [-0.2, 0) is 0 Å². The summed E-state index contributed by atoms with van der Waals surface area (Å²) in [4.78, 5) is 14.9. The number of rotatable bonds is 2. The van der Waals surface area contributed by atoms with Crippen LogP contribution in [-0.4, -0.2) is 16.1 Å². The molecule has 2 aromatic rings. The van der Waals surface area contributed by atoms with Gasteiger partial charge in [-0.3, -0.25) is 4.98 Å². The van der Waals surface area contributed by atoms with Gasteiger partial charge in [0.2, 0.25) is 0 Å². The third kappa shape index (κ3) is 2.28. The Bertz CT molecular complexity index is 523. The van der Waals surface area contributed by atoms with Crippen LogP contribution in [0, 0.1) is 0 Å². The molecule has 3 nitrogen and oxygen atoms in total. The number of benzene rings is 1. The summed E-state index contributed by atoms with van der Waals surface area (Å²) in [5, 5.41) is 8.77. The number of nitrogens with zero attached hydrogens (tertiary/aromatic N) is 1. The molecule has 2 rings (SSSR count). The van der Waals surface area contributed by atoms with Gasteiger partial charge in [0.15, 0.2) is 0 Å². The Morgan fingerprint density at radius 1 is 1.19 bits per heavy atom. The second kappa shape index (κ2) is 4.45. The first-order valence-electron chi connectivity index (χ1n) is 4.62. The molecule has 1 N–H and O–H groups in total. The molecule has 0 saturated carbocycles. The molecule has 1 aromatic carbocycles. The number of pyridine rings is 1. The summed E-state index contributed by atoms with van der Waals surface area (Å²) in [6, 6.07) is 10.4. The molecule has 1 heterocycles. The predicted octanol–water partition coefficient (Wildman–Crippen LogP) is 3.21. The van der Waals surface area contributed by atoms with E-state index in [-0.39, 0.29) is 5.56 Å². The van der Waals surface area contributed by atoms with Crippen LogP contribution in [0.4, 0.5) is 0 Å². The number of aromatic carboxylic acids is 1. The minimum atomic E-state index is -0.922. The van der Waals surface area contributed by atoms with Gasteiger partial charge < -0.3 is 5.11 Å². The summed E-state index contributed by atoms with van der Waals surface area (Å²) in [6.07, 6.45) is 1.70. The van der Waals surface area contributed by atoms with Gasteiger partial charge in [0.05, 0.1) is 11.3 Å². The van der Waals surface area contributed by atoms with E-state index in [0.29, 0.717) is 0 Å². The molecule has 0 fully saturated rings. The van der Waals surface area contributed by atoms with Gasteiger partial charge >= 0.3 is 5.97 Å². The standard InChI is InChI=1S/C12H8BrNO2/c13-10-5-6-14-11(7-10)8-1-3-9(4-2-8)12(15)16/h1-7H,(H,15,16). The van der Waals surface area contributed by atoms with Crippen molar-refractivity contribution >= 4 is 21.9 Å². The lowest BCUT2D eigenvalue weighted by Gasteiger charge is -2.01. The highest BCUT2D eigenvalue weighted by molar-refractivity contribution is 9.10. The molecular weight excluding hydrogens is 270 g/mol. The van der Waals surface area contributed by atoms with Gasteiger partial charge in [0, 0.05) is 16.2 Å². The number of carboxylic acids is 1. The monoisotopic (exact) mass is 277 g/mol. The van der Waals surface area contributed by atoms with Gasteiger partial charge in [-0.05, 0) is 24.3 Å². The Morgan fingerprint density at radius 3 is 2.44 bits per heavy atom. The molecule has 0 saturated heterocycles. The number of halogens is 1. The molecule has 0 aliphatic heterocycles. The second-order valence-corrected chi connectivity index (χ2v) is 4.16. The van der Waals surface area contributed by atoms with Gasteiger partial charge in [-0.15, -0.1) is 0 Å². The molecule has 0 aliphatic carbocycles. The van der Waals surface area contributed by atoms with E-state index in [1.165, 1.54) is 0 Å². The lowest BCUT2D eigenvalue weighted by atomic mass is 10.1. The van der Waals surface area contributed by atoms with Crippen molar-refractivity contribution in [2.24, 2.45) is 0 Å². The number of aromatic nitrogens is 1. The number of carbonyl (C=O) groups is 1. The van der Waals surface area contributed by atoms with Gasteiger partial charge in [0.1, 0.15) is 0 Å². The summed E-state index contributed by atoms with van der Waals surface area (Å²) in [7, 11) is 0. The van der Waals surface area contributed by atoms with Crippen molar-refractivity contribution in [3.8, 4) is 11.3 Å². The van der Waals surface area contributed by atoms with Gasteiger partial charge in [-0.25, -0.2) is 4.79 Å². The van der Waals surface area contributed by atoms with E-state index >= 15 is 0 Å². The number of hydrogen-bond acceptors (Lipinski definition) is 2. The van der Waals surface area contributed by atoms with Crippen LogP contribution in [0.1, 0.15) is 10.4 Å². The zero-order chi connectivity index (χ0) is 11.5. The topological polar surface area (TPSA) is 50.2 Å². The van der Waals surface area contributed by atoms with Gasteiger partial charge in [0.25, 0.3) is 0 Å². The highest BCUT2D eigenvalue weighted by atomic mass is 79.9. The van der Waals surface area contributed by atoms with Crippen molar-refractivity contribution in [3.63, 3.8) is 0 Å². The Hall–Kier alpha value is -1.68. The molecule has 0 aliphatic rings. The van der Waals surface area contributed by atoms with E-state index in [1.54, 1.807) is 30.5 Å². The van der Waals surface area contributed by atoms with Crippen molar-refractivity contribution in [1.29, 1.82) is 0 Å². The minimum absolute atomic E-state index is 0.277. The molecule has 0 unspecified atom stereocenters. The summed E-state index contributed by atoms with van der Waals surface area (Å²) in [5.41, 5.74) is 1.98. The average Bonchev–Trinajstić information content (AvgIpc) is 2.29. The molecule has 16 heavy (non-hydrogen) atoms. The first-order valence-corrected chi connectivity index (χ1v) is 5.41. The average molecular weight is 278 g/mol. The molecule has 0 atom stereocenters.